The van der Waals surface area contributed by atoms with Crippen LogP contribution < -0.4 is 19.9 Å². The summed E-state index contributed by atoms with van der Waals surface area (Å²) in [5.74, 6) is -1.20. The van der Waals surface area contributed by atoms with Crippen molar-refractivity contribution >= 4 is 50.4 Å². The number of hydrogen-bond acceptors (Lipinski definition) is 8. The topological polar surface area (TPSA) is 138 Å². The molecule has 40 heavy (non-hydrogen) atoms. The van der Waals surface area contributed by atoms with Gasteiger partial charge in [-0.25, -0.2) is 27.9 Å². The van der Waals surface area contributed by atoms with Crippen LogP contribution in [0.1, 0.15) is 18.2 Å². The molecule has 4 rings (SSSR count). The number of aromatic nitrogens is 3. The minimum absolute atomic E-state index is 0.157. The van der Waals surface area contributed by atoms with E-state index in [1.165, 1.54) is 6.92 Å². The van der Waals surface area contributed by atoms with Gasteiger partial charge in [0, 0.05) is 5.56 Å². The SMILES string of the molecule is CCOc1cc(-c2cc(C(F)(F)F)n3ncc(OC(=O)Nc4cc(S(N)(=O)=O)sc4Cl)c3n2)ccc1C(F)(F)F. The number of hydrogen-bond donors (Lipinski definition) is 2. The maximum atomic E-state index is 13.9. The Bertz CT molecular complexity index is 1720. The highest BCUT2D eigenvalue weighted by Gasteiger charge is 2.37. The van der Waals surface area contributed by atoms with Gasteiger partial charge in [0.25, 0.3) is 0 Å². The summed E-state index contributed by atoms with van der Waals surface area (Å²) >= 11 is 6.43. The summed E-state index contributed by atoms with van der Waals surface area (Å²) in [6.45, 7) is 1.27. The molecule has 0 aliphatic heterocycles. The zero-order chi connectivity index (χ0) is 29.6. The lowest BCUT2D eigenvalue weighted by atomic mass is 10.1. The summed E-state index contributed by atoms with van der Waals surface area (Å²) in [7, 11) is -4.15. The van der Waals surface area contributed by atoms with E-state index in [0.717, 1.165) is 24.4 Å². The van der Waals surface area contributed by atoms with Crippen molar-refractivity contribution in [2.24, 2.45) is 5.14 Å². The number of alkyl halides is 6. The number of primary sulfonamides is 1. The average molecular weight is 630 g/mol. The van der Waals surface area contributed by atoms with Crippen LogP contribution in [-0.4, -0.2) is 35.7 Å². The van der Waals surface area contributed by atoms with Gasteiger partial charge in [0.15, 0.2) is 17.1 Å². The van der Waals surface area contributed by atoms with Gasteiger partial charge in [-0.15, -0.1) is 11.3 Å². The van der Waals surface area contributed by atoms with E-state index in [0.29, 0.717) is 28.0 Å². The van der Waals surface area contributed by atoms with Gasteiger partial charge < -0.3 is 9.47 Å². The fourth-order valence-electron chi connectivity index (χ4n) is 3.36. The lowest BCUT2D eigenvalue weighted by Crippen LogP contribution is -2.17. The zero-order valence-electron chi connectivity index (χ0n) is 19.6. The van der Waals surface area contributed by atoms with Crippen LogP contribution in [0, 0.1) is 0 Å². The van der Waals surface area contributed by atoms with E-state index in [1.54, 1.807) is 0 Å². The summed E-state index contributed by atoms with van der Waals surface area (Å²) in [5.41, 5.74) is -3.94. The van der Waals surface area contributed by atoms with E-state index in [4.69, 9.17) is 26.2 Å². The molecule has 214 valence electrons. The number of amides is 1. The predicted octanol–water partition coefficient (Wildman–Crippen LogP) is 5.81. The van der Waals surface area contributed by atoms with Crippen LogP contribution in [0.5, 0.6) is 11.5 Å². The van der Waals surface area contributed by atoms with Gasteiger partial charge in [-0.05, 0) is 31.2 Å². The third kappa shape index (κ3) is 6.08. The molecule has 0 bridgehead atoms. The maximum Gasteiger partial charge on any atom is 0.433 e. The van der Waals surface area contributed by atoms with Gasteiger partial charge >= 0.3 is 18.4 Å². The van der Waals surface area contributed by atoms with Crippen molar-refractivity contribution in [2.45, 2.75) is 23.5 Å². The molecule has 3 heterocycles. The number of halogens is 7. The molecule has 0 fully saturated rings. The molecule has 0 aliphatic rings. The molecule has 3 aromatic heterocycles. The van der Waals surface area contributed by atoms with Crippen LogP contribution >= 0.6 is 22.9 Å². The fraction of sp³-hybridized carbons (Fsp3) is 0.190. The fourth-order valence-corrected chi connectivity index (χ4v) is 5.42. The van der Waals surface area contributed by atoms with E-state index in [2.05, 4.69) is 15.4 Å². The van der Waals surface area contributed by atoms with Crippen molar-refractivity contribution in [3.8, 4) is 22.8 Å². The Morgan fingerprint density at radius 1 is 1.12 bits per heavy atom. The number of carbonyl (C=O) groups excluding carboxylic acids is 1. The summed E-state index contributed by atoms with van der Waals surface area (Å²) in [6, 6.07) is 3.94. The number of thiophene rings is 1. The van der Waals surface area contributed by atoms with Gasteiger partial charge in [-0.3, -0.25) is 5.32 Å². The number of nitrogens with one attached hydrogen (secondary N) is 1. The Morgan fingerprint density at radius 2 is 1.82 bits per heavy atom. The highest BCUT2D eigenvalue weighted by Crippen LogP contribution is 2.40. The summed E-state index contributed by atoms with van der Waals surface area (Å²) in [6.07, 6.45) is -10.4. The largest absolute Gasteiger partial charge is 0.493 e. The number of benzene rings is 1. The maximum absolute atomic E-state index is 13.9. The molecule has 0 unspecified atom stereocenters. The molecule has 3 N–H and O–H groups in total. The van der Waals surface area contributed by atoms with E-state index in [1.807, 2.05) is 0 Å². The zero-order valence-corrected chi connectivity index (χ0v) is 22.0. The quantitative estimate of drug-likeness (QED) is 0.257. The Hall–Kier alpha value is -3.61. The van der Waals surface area contributed by atoms with E-state index >= 15 is 0 Å². The third-order valence-corrected chi connectivity index (χ3v) is 7.78. The second-order valence-corrected chi connectivity index (χ2v) is 11.2. The number of sulfonamides is 1. The summed E-state index contributed by atoms with van der Waals surface area (Å²) < 4.78 is 115. The molecule has 0 aliphatic carbocycles. The summed E-state index contributed by atoms with van der Waals surface area (Å²) in [5, 5.41) is 10.7. The highest BCUT2D eigenvalue weighted by atomic mass is 35.5. The molecule has 10 nitrogen and oxygen atoms in total. The molecule has 0 saturated heterocycles. The van der Waals surface area contributed by atoms with Gasteiger partial charge in [0.1, 0.15) is 14.3 Å². The second kappa shape index (κ2) is 10.4. The first-order valence-electron chi connectivity index (χ1n) is 10.6. The van der Waals surface area contributed by atoms with Gasteiger partial charge in [0.2, 0.25) is 10.0 Å². The minimum atomic E-state index is -5.01. The average Bonchev–Trinajstić information content (AvgIpc) is 3.40. The van der Waals surface area contributed by atoms with Crippen molar-refractivity contribution in [2.75, 3.05) is 11.9 Å². The first kappa shape index (κ1) is 29.4. The third-order valence-electron chi connectivity index (χ3n) is 5.00. The molecular formula is C21H14ClF6N5O5S2. The van der Waals surface area contributed by atoms with Gasteiger partial charge in [-0.2, -0.15) is 31.4 Å². The molecule has 0 saturated carbocycles. The minimum Gasteiger partial charge on any atom is -0.493 e. The number of fused-ring (bicyclic) bond motifs is 1. The molecule has 19 heteroatoms. The Balaban J connectivity index is 1.76. The molecule has 0 spiro atoms. The smallest absolute Gasteiger partial charge is 0.433 e. The normalized spacial score (nSPS) is 12.5. The van der Waals surface area contributed by atoms with E-state index in [9.17, 15) is 39.6 Å². The van der Waals surface area contributed by atoms with E-state index in [-0.39, 0.29) is 26.4 Å². The molecule has 1 amide bonds. The molecule has 4 aromatic rings. The van der Waals surface area contributed by atoms with E-state index < -0.39 is 62.6 Å². The standard InChI is InChI=1S/C21H14ClF6N5O5S2/c1-2-37-13-5-9(3-4-10(13)20(23,24)25)11-6-15(21(26,27)28)33-18(31-11)14(8-30-33)38-19(34)32-12-7-16(39-17(12)22)40(29,35)36/h3-8H,2H2,1H3,(H,32,34)(H2,29,35,36). The van der Waals surface area contributed by atoms with Crippen molar-refractivity contribution in [1.82, 2.24) is 14.6 Å². The van der Waals surface area contributed by atoms with Crippen molar-refractivity contribution in [3.05, 3.63) is 52.1 Å². The van der Waals surface area contributed by atoms with Crippen LogP contribution in [-0.2, 0) is 22.4 Å². The molecule has 0 atom stereocenters. The first-order valence-corrected chi connectivity index (χ1v) is 13.3. The van der Waals surface area contributed by atoms with Crippen LogP contribution in [0.2, 0.25) is 4.34 Å². The molecule has 1 aromatic carbocycles. The predicted molar refractivity (Wildman–Crippen MR) is 130 cm³/mol. The van der Waals surface area contributed by atoms with Crippen LogP contribution in [0.25, 0.3) is 16.9 Å². The second-order valence-electron chi connectivity index (χ2n) is 7.72. The van der Waals surface area contributed by atoms with Gasteiger partial charge in [-0.1, -0.05) is 17.7 Å². The monoisotopic (exact) mass is 629 g/mol. The Kier molecular flexibility index (Phi) is 7.65. The number of rotatable bonds is 6. The van der Waals surface area contributed by atoms with Crippen molar-refractivity contribution < 1.29 is 49.0 Å². The molecular weight excluding hydrogens is 616 g/mol. The number of carbonyl (C=O) groups is 1. The Labute approximate surface area is 229 Å². The molecule has 0 radical (unpaired) electrons. The summed E-state index contributed by atoms with van der Waals surface area (Å²) in [4.78, 5) is 16.5. The Morgan fingerprint density at radius 3 is 2.40 bits per heavy atom. The van der Waals surface area contributed by atoms with Crippen LogP contribution in [0.15, 0.2) is 40.7 Å². The van der Waals surface area contributed by atoms with Crippen LogP contribution in [0.4, 0.5) is 36.8 Å². The number of anilines is 1. The number of nitrogens with zero attached hydrogens (tertiary/aromatic N) is 3. The highest BCUT2D eigenvalue weighted by molar-refractivity contribution is 7.91. The lowest BCUT2D eigenvalue weighted by Gasteiger charge is -2.15. The van der Waals surface area contributed by atoms with Gasteiger partial charge in [0.05, 0.1) is 29.7 Å². The number of nitrogens with two attached hydrogens (primary N) is 1. The van der Waals surface area contributed by atoms with Crippen molar-refractivity contribution in [1.29, 1.82) is 0 Å². The van der Waals surface area contributed by atoms with Crippen molar-refractivity contribution in [3.63, 3.8) is 0 Å². The lowest BCUT2D eigenvalue weighted by molar-refractivity contribution is -0.142. The van der Waals surface area contributed by atoms with Crippen LogP contribution in [0.3, 0.4) is 0 Å². The first-order chi connectivity index (χ1) is 18.5. The number of ether oxygens (including phenoxy) is 2.